The minimum absolute atomic E-state index is 0.0909. The molecule has 0 spiro atoms. The number of halogens is 1. The quantitative estimate of drug-likeness (QED) is 0.459. The summed E-state index contributed by atoms with van der Waals surface area (Å²) in [6.45, 7) is 5.99. The number of hydrogen-bond donors (Lipinski definition) is 1. The second-order valence-corrected chi connectivity index (χ2v) is 7.68. The molecule has 0 aliphatic carbocycles. The molecule has 5 nitrogen and oxygen atoms in total. The predicted molar refractivity (Wildman–Crippen MR) is 120 cm³/mol. The number of anilines is 1. The molecule has 0 radical (unpaired) electrons. The number of nitrogens with zero attached hydrogens (tertiary/aromatic N) is 3. The summed E-state index contributed by atoms with van der Waals surface area (Å²) in [4.78, 5) is 17.5. The van der Waals surface area contributed by atoms with Gasteiger partial charge in [-0.25, -0.2) is 9.67 Å². The number of aryl methyl sites for hydroxylation is 3. The van der Waals surface area contributed by atoms with E-state index in [1.807, 2.05) is 75.4 Å². The van der Waals surface area contributed by atoms with Gasteiger partial charge in [-0.3, -0.25) is 4.79 Å². The molecular formula is C24H21ClN4O. The average Bonchev–Trinajstić information content (AvgIpc) is 3.15. The van der Waals surface area contributed by atoms with E-state index in [0.717, 1.165) is 33.6 Å². The second-order valence-electron chi connectivity index (χ2n) is 7.24. The summed E-state index contributed by atoms with van der Waals surface area (Å²) in [6.07, 6.45) is 0. The van der Waals surface area contributed by atoms with Gasteiger partial charge in [-0.05, 0) is 56.2 Å². The number of carbonyl (C=O) groups excluding carboxylic acids is 1. The smallest absolute Gasteiger partial charge is 0.295 e. The maximum Gasteiger partial charge on any atom is 0.295 e. The van der Waals surface area contributed by atoms with Crippen molar-refractivity contribution in [3.63, 3.8) is 0 Å². The summed E-state index contributed by atoms with van der Waals surface area (Å²) in [5.41, 5.74) is 5.53. The third kappa shape index (κ3) is 3.98. The molecule has 6 heteroatoms. The van der Waals surface area contributed by atoms with Crippen LogP contribution in [0.3, 0.4) is 0 Å². The highest BCUT2D eigenvalue weighted by atomic mass is 35.5. The van der Waals surface area contributed by atoms with Gasteiger partial charge in [0.25, 0.3) is 5.91 Å². The van der Waals surface area contributed by atoms with E-state index < -0.39 is 0 Å². The first-order valence-corrected chi connectivity index (χ1v) is 9.98. The third-order valence-electron chi connectivity index (χ3n) is 4.87. The Kier molecular flexibility index (Phi) is 5.38. The maximum absolute atomic E-state index is 12.9. The summed E-state index contributed by atoms with van der Waals surface area (Å²) >= 11 is 6.20. The lowest BCUT2D eigenvalue weighted by atomic mass is 10.1. The zero-order valence-corrected chi connectivity index (χ0v) is 17.7. The van der Waals surface area contributed by atoms with Crippen LogP contribution >= 0.6 is 11.6 Å². The number of hydrogen-bond acceptors (Lipinski definition) is 3. The fraction of sp³-hybridized carbons (Fsp3) is 0.125. The Balaban J connectivity index is 1.81. The molecule has 4 aromatic rings. The highest BCUT2D eigenvalue weighted by molar-refractivity contribution is 6.30. The standard InChI is InChI=1S/C24H21ClN4O/c1-15-11-12-21(17(3)13-15)29-23(18-8-6-9-19(25)14-18)27-22(28-29)24(30)26-20-10-5-4-7-16(20)2/h4-14H,1-3H3,(H,26,30). The highest BCUT2D eigenvalue weighted by Crippen LogP contribution is 2.26. The van der Waals surface area contributed by atoms with Crippen LogP contribution in [0.15, 0.2) is 66.7 Å². The van der Waals surface area contributed by atoms with Gasteiger partial charge in [-0.15, -0.1) is 5.10 Å². The van der Waals surface area contributed by atoms with Crippen molar-refractivity contribution in [2.24, 2.45) is 0 Å². The first-order chi connectivity index (χ1) is 14.4. The van der Waals surface area contributed by atoms with E-state index in [-0.39, 0.29) is 11.7 Å². The van der Waals surface area contributed by atoms with Crippen molar-refractivity contribution in [3.05, 3.63) is 94.3 Å². The number of rotatable bonds is 4. The molecule has 1 N–H and O–H groups in total. The number of nitrogens with one attached hydrogen (secondary N) is 1. The molecule has 0 aliphatic heterocycles. The minimum atomic E-state index is -0.365. The van der Waals surface area contributed by atoms with E-state index in [1.165, 1.54) is 0 Å². The molecule has 1 aromatic heterocycles. The van der Waals surface area contributed by atoms with Crippen molar-refractivity contribution in [2.45, 2.75) is 20.8 Å². The molecule has 0 unspecified atom stereocenters. The van der Waals surface area contributed by atoms with Crippen LogP contribution in [0.5, 0.6) is 0 Å². The Labute approximate surface area is 180 Å². The third-order valence-corrected chi connectivity index (χ3v) is 5.10. The minimum Gasteiger partial charge on any atom is -0.319 e. The highest BCUT2D eigenvalue weighted by Gasteiger charge is 2.20. The van der Waals surface area contributed by atoms with Crippen LogP contribution in [0.25, 0.3) is 17.1 Å². The van der Waals surface area contributed by atoms with Gasteiger partial charge in [0, 0.05) is 16.3 Å². The molecule has 0 saturated carbocycles. The van der Waals surface area contributed by atoms with E-state index >= 15 is 0 Å². The zero-order valence-electron chi connectivity index (χ0n) is 17.0. The van der Waals surface area contributed by atoms with Crippen LogP contribution in [0.1, 0.15) is 27.3 Å². The fourth-order valence-corrected chi connectivity index (χ4v) is 3.52. The van der Waals surface area contributed by atoms with Gasteiger partial charge in [0.15, 0.2) is 5.82 Å². The normalized spacial score (nSPS) is 10.8. The van der Waals surface area contributed by atoms with Gasteiger partial charge in [-0.2, -0.15) is 0 Å². The SMILES string of the molecule is Cc1ccc(-n2nc(C(=O)Nc3ccccc3C)nc2-c2cccc(Cl)c2)c(C)c1. The molecule has 4 rings (SSSR count). The van der Waals surface area contributed by atoms with Crippen molar-refractivity contribution in [1.82, 2.24) is 14.8 Å². The average molecular weight is 417 g/mol. The number of benzene rings is 3. The van der Waals surface area contributed by atoms with Gasteiger partial charge < -0.3 is 5.32 Å². The van der Waals surface area contributed by atoms with Crippen LogP contribution in [-0.4, -0.2) is 20.7 Å². The second kappa shape index (κ2) is 8.13. The van der Waals surface area contributed by atoms with Crippen molar-refractivity contribution in [1.29, 1.82) is 0 Å². The van der Waals surface area contributed by atoms with E-state index in [1.54, 1.807) is 10.7 Å². The summed E-state index contributed by atoms with van der Waals surface area (Å²) in [6, 6.07) is 21.0. The molecule has 150 valence electrons. The van der Waals surface area contributed by atoms with E-state index in [2.05, 4.69) is 21.5 Å². The first kappa shape index (κ1) is 19.9. The van der Waals surface area contributed by atoms with Gasteiger partial charge >= 0.3 is 0 Å². The van der Waals surface area contributed by atoms with Crippen molar-refractivity contribution in [3.8, 4) is 17.1 Å². The molecule has 0 saturated heterocycles. The van der Waals surface area contributed by atoms with Crippen molar-refractivity contribution < 1.29 is 4.79 Å². The molecule has 1 heterocycles. The molecular weight excluding hydrogens is 396 g/mol. The summed E-state index contributed by atoms with van der Waals surface area (Å²) in [5.74, 6) is 0.281. The lowest BCUT2D eigenvalue weighted by Crippen LogP contribution is -2.15. The maximum atomic E-state index is 12.9. The lowest BCUT2D eigenvalue weighted by Gasteiger charge is -2.10. The number of carbonyl (C=O) groups is 1. The van der Waals surface area contributed by atoms with Crippen LogP contribution in [0.4, 0.5) is 5.69 Å². The molecule has 0 bridgehead atoms. The van der Waals surface area contributed by atoms with Crippen molar-refractivity contribution >= 4 is 23.2 Å². The molecule has 1 amide bonds. The van der Waals surface area contributed by atoms with E-state index in [0.29, 0.717) is 10.8 Å². The molecule has 30 heavy (non-hydrogen) atoms. The number of amides is 1. The fourth-order valence-electron chi connectivity index (χ4n) is 3.33. The summed E-state index contributed by atoms with van der Waals surface area (Å²) in [5, 5.41) is 8.05. The topological polar surface area (TPSA) is 59.8 Å². The van der Waals surface area contributed by atoms with Gasteiger partial charge in [-0.1, -0.05) is 59.6 Å². The van der Waals surface area contributed by atoms with Crippen LogP contribution < -0.4 is 5.32 Å². The van der Waals surface area contributed by atoms with Gasteiger partial charge in [0.05, 0.1) is 5.69 Å². The number of para-hydroxylation sites is 1. The molecule has 0 fully saturated rings. The van der Waals surface area contributed by atoms with Gasteiger partial charge in [0.2, 0.25) is 5.82 Å². The molecule has 0 atom stereocenters. The van der Waals surface area contributed by atoms with Crippen LogP contribution in [-0.2, 0) is 0 Å². The summed E-state index contributed by atoms with van der Waals surface area (Å²) < 4.78 is 1.70. The summed E-state index contributed by atoms with van der Waals surface area (Å²) in [7, 11) is 0. The zero-order chi connectivity index (χ0) is 21.3. The molecule has 3 aromatic carbocycles. The van der Waals surface area contributed by atoms with Crippen molar-refractivity contribution in [2.75, 3.05) is 5.32 Å². The Morgan fingerprint density at radius 2 is 1.73 bits per heavy atom. The largest absolute Gasteiger partial charge is 0.319 e. The Morgan fingerprint density at radius 3 is 2.47 bits per heavy atom. The molecule has 0 aliphatic rings. The lowest BCUT2D eigenvalue weighted by molar-refractivity contribution is 0.101. The monoisotopic (exact) mass is 416 g/mol. The number of aromatic nitrogens is 3. The Bertz CT molecular complexity index is 1250. The first-order valence-electron chi connectivity index (χ1n) is 9.60. The predicted octanol–water partition coefficient (Wildman–Crippen LogP) is 5.77. The van der Waals surface area contributed by atoms with Gasteiger partial charge in [0.1, 0.15) is 0 Å². The van der Waals surface area contributed by atoms with E-state index in [4.69, 9.17) is 11.6 Å². The van der Waals surface area contributed by atoms with Crippen LogP contribution in [0, 0.1) is 20.8 Å². The Morgan fingerprint density at radius 1 is 0.933 bits per heavy atom. The Hall–Kier alpha value is -3.44. The van der Waals surface area contributed by atoms with E-state index in [9.17, 15) is 4.79 Å². The van der Waals surface area contributed by atoms with Crippen LogP contribution in [0.2, 0.25) is 5.02 Å².